The average molecular weight is 349 g/mol. The van der Waals surface area contributed by atoms with Crippen molar-refractivity contribution in [3.05, 3.63) is 52.1 Å². The second-order valence-corrected chi connectivity index (χ2v) is 6.69. The molecule has 0 spiro atoms. The molecule has 0 amide bonds. The normalized spacial score (nSPS) is 11.2. The van der Waals surface area contributed by atoms with Crippen LogP contribution in [0.4, 0.5) is 11.5 Å². The van der Waals surface area contributed by atoms with E-state index in [0.717, 1.165) is 11.3 Å². The van der Waals surface area contributed by atoms with Crippen LogP contribution in [0.25, 0.3) is 0 Å². The van der Waals surface area contributed by atoms with Crippen LogP contribution in [-0.4, -0.2) is 16.1 Å². The number of nitrogens with zero attached hydrogens (tertiary/aromatic N) is 1. The standard InChI is InChI=1S/C16H17BrN2O2/c1-16(2,3)12-6-4-5-7-13(12)19-14-11(15(20)21)8-10(17)9-18-14/h4-9H,1-3H3,(H,18,19)(H,20,21). The maximum atomic E-state index is 11.3. The minimum Gasteiger partial charge on any atom is -0.478 e. The zero-order valence-corrected chi connectivity index (χ0v) is 13.7. The van der Waals surface area contributed by atoms with E-state index >= 15 is 0 Å². The van der Waals surface area contributed by atoms with Gasteiger partial charge in [-0.3, -0.25) is 0 Å². The predicted molar refractivity (Wildman–Crippen MR) is 87.3 cm³/mol. The van der Waals surface area contributed by atoms with Crippen LogP contribution in [0.15, 0.2) is 41.0 Å². The number of hydrogen-bond donors (Lipinski definition) is 2. The SMILES string of the molecule is CC(C)(C)c1ccccc1Nc1ncc(Br)cc1C(=O)O. The molecule has 2 aromatic rings. The molecule has 1 heterocycles. The summed E-state index contributed by atoms with van der Waals surface area (Å²) >= 11 is 3.24. The van der Waals surface area contributed by atoms with E-state index in [1.807, 2.05) is 24.3 Å². The first kappa shape index (κ1) is 15.5. The molecule has 21 heavy (non-hydrogen) atoms. The number of benzene rings is 1. The van der Waals surface area contributed by atoms with Gasteiger partial charge in [-0.15, -0.1) is 0 Å². The van der Waals surface area contributed by atoms with E-state index in [4.69, 9.17) is 0 Å². The van der Waals surface area contributed by atoms with Crippen molar-refractivity contribution in [3.8, 4) is 0 Å². The summed E-state index contributed by atoms with van der Waals surface area (Å²) in [5.41, 5.74) is 2.05. The molecule has 0 radical (unpaired) electrons. The molecule has 0 bridgehead atoms. The van der Waals surface area contributed by atoms with Crippen LogP contribution in [0.3, 0.4) is 0 Å². The fourth-order valence-corrected chi connectivity index (χ4v) is 2.41. The van der Waals surface area contributed by atoms with Gasteiger partial charge in [0.1, 0.15) is 11.4 Å². The van der Waals surface area contributed by atoms with Crippen LogP contribution in [-0.2, 0) is 5.41 Å². The van der Waals surface area contributed by atoms with Gasteiger partial charge in [-0.05, 0) is 39.0 Å². The molecule has 0 aliphatic carbocycles. The number of carbonyl (C=O) groups is 1. The Morgan fingerprint density at radius 2 is 1.95 bits per heavy atom. The molecule has 110 valence electrons. The van der Waals surface area contributed by atoms with Gasteiger partial charge < -0.3 is 10.4 Å². The van der Waals surface area contributed by atoms with Crippen molar-refractivity contribution in [2.24, 2.45) is 0 Å². The molecule has 5 heteroatoms. The van der Waals surface area contributed by atoms with E-state index in [1.54, 1.807) is 6.20 Å². The van der Waals surface area contributed by atoms with Gasteiger partial charge in [0, 0.05) is 16.4 Å². The Kier molecular flexibility index (Phi) is 4.32. The molecule has 1 aromatic heterocycles. The van der Waals surface area contributed by atoms with Crippen molar-refractivity contribution in [3.63, 3.8) is 0 Å². The Balaban J connectivity index is 2.47. The smallest absolute Gasteiger partial charge is 0.339 e. The number of hydrogen-bond acceptors (Lipinski definition) is 3. The number of carboxylic acid groups (broad SMARTS) is 1. The average Bonchev–Trinajstić information content (AvgIpc) is 2.40. The van der Waals surface area contributed by atoms with E-state index in [-0.39, 0.29) is 11.0 Å². The number of halogens is 1. The number of rotatable bonds is 3. The fraction of sp³-hybridized carbons (Fsp3) is 0.250. The molecule has 2 rings (SSSR count). The lowest BCUT2D eigenvalue weighted by atomic mass is 9.86. The lowest BCUT2D eigenvalue weighted by Crippen LogP contribution is -2.14. The number of para-hydroxylation sites is 1. The molecule has 2 N–H and O–H groups in total. The van der Waals surface area contributed by atoms with E-state index in [0.29, 0.717) is 10.3 Å². The van der Waals surface area contributed by atoms with Gasteiger partial charge in [-0.25, -0.2) is 9.78 Å². The molecular weight excluding hydrogens is 332 g/mol. The van der Waals surface area contributed by atoms with Crippen molar-refractivity contribution in [1.29, 1.82) is 0 Å². The zero-order chi connectivity index (χ0) is 15.6. The van der Waals surface area contributed by atoms with Crippen LogP contribution in [0, 0.1) is 0 Å². The van der Waals surface area contributed by atoms with E-state index in [1.165, 1.54) is 6.07 Å². The predicted octanol–water partition coefficient (Wildman–Crippen LogP) is 4.58. The van der Waals surface area contributed by atoms with Crippen LogP contribution < -0.4 is 5.32 Å². The number of carboxylic acids is 1. The summed E-state index contributed by atoms with van der Waals surface area (Å²) in [6.45, 7) is 6.34. The highest BCUT2D eigenvalue weighted by Gasteiger charge is 2.19. The Morgan fingerprint density at radius 3 is 2.57 bits per heavy atom. The Bertz CT molecular complexity index is 678. The molecule has 4 nitrogen and oxygen atoms in total. The highest BCUT2D eigenvalue weighted by atomic mass is 79.9. The van der Waals surface area contributed by atoms with Gasteiger partial charge in [0.25, 0.3) is 0 Å². The molecule has 0 saturated carbocycles. The third-order valence-corrected chi connectivity index (χ3v) is 3.51. The minimum atomic E-state index is -1.01. The lowest BCUT2D eigenvalue weighted by Gasteiger charge is -2.23. The minimum absolute atomic E-state index is 0.0532. The summed E-state index contributed by atoms with van der Waals surface area (Å²) in [4.78, 5) is 15.5. The first-order chi connectivity index (χ1) is 9.79. The van der Waals surface area contributed by atoms with Crippen molar-refractivity contribution in [1.82, 2.24) is 4.98 Å². The van der Waals surface area contributed by atoms with Crippen molar-refractivity contribution in [2.75, 3.05) is 5.32 Å². The third kappa shape index (κ3) is 3.61. The second-order valence-electron chi connectivity index (χ2n) is 5.78. The molecule has 0 saturated heterocycles. The molecule has 0 aliphatic rings. The maximum Gasteiger partial charge on any atom is 0.339 e. The number of aromatic nitrogens is 1. The zero-order valence-electron chi connectivity index (χ0n) is 12.1. The first-order valence-corrected chi connectivity index (χ1v) is 7.33. The highest BCUT2D eigenvalue weighted by Crippen LogP contribution is 2.32. The van der Waals surface area contributed by atoms with Gasteiger partial charge in [-0.1, -0.05) is 39.0 Å². The van der Waals surface area contributed by atoms with E-state index in [9.17, 15) is 9.90 Å². The number of nitrogens with one attached hydrogen (secondary N) is 1. The number of pyridine rings is 1. The fourth-order valence-electron chi connectivity index (χ4n) is 2.08. The Hall–Kier alpha value is -1.88. The number of anilines is 2. The van der Waals surface area contributed by atoms with Crippen LogP contribution in [0.2, 0.25) is 0 Å². The molecular formula is C16H17BrN2O2. The first-order valence-electron chi connectivity index (χ1n) is 6.54. The van der Waals surface area contributed by atoms with E-state index < -0.39 is 5.97 Å². The molecule has 0 aliphatic heterocycles. The van der Waals surface area contributed by atoms with Crippen LogP contribution in [0.1, 0.15) is 36.7 Å². The summed E-state index contributed by atoms with van der Waals surface area (Å²) in [6, 6.07) is 9.38. The summed E-state index contributed by atoms with van der Waals surface area (Å²) in [5, 5.41) is 12.4. The summed E-state index contributed by atoms with van der Waals surface area (Å²) in [5.74, 6) is -0.679. The Morgan fingerprint density at radius 1 is 1.29 bits per heavy atom. The van der Waals surface area contributed by atoms with Gasteiger partial charge in [0.05, 0.1) is 0 Å². The summed E-state index contributed by atoms with van der Waals surface area (Å²) < 4.78 is 0.634. The summed E-state index contributed by atoms with van der Waals surface area (Å²) in [7, 11) is 0. The quantitative estimate of drug-likeness (QED) is 0.851. The maximum absolute atomic E-state index is 11.3. The molecule has 1 aromatic carbocycles. The molecule has 0 atom stereocenters. The lowest BCUT2D eigenvalue weighted by molar-refractivity contribution is 0.0697. The van der Waals surface area contributed by atoms with Gasteiger partial charge >= 0.3 is 5.97 Å². The van der Waals surface area contributed by atoms with E-state index in [2.05, 4.69) is 47.0 Å². The van der Waals surface area contributed by atoms with Gasteiger partial charge in [0.2, 0.25) is 0 Å². The van der Waals surface area contributed by atoms with Crippen molar-refractivity contribution < 1.29 is 9.90 Å². The summed E-state index contributed by atoms with van der Waals surface area (Å²) in [6.07, 6.45) is 1.58. The largest absolute Gasteiger partial charge is 0.478 e. The van der Waals surface area contributed by atoms with Crippen LogP contribution in [0.5, 0.6) is 0 Å². The highest BCUT2D eigenvalue weighted by molar-refractivity contribution is 9.10. The monoisotopic (exact) mass is 348 g/mol. The topological polar surface area (TPSA) is 62.2 Å². The van der Waals surface area contributed by atoms with Gasteiger partial charge in [0.15, 0.2) is 0 Å². The third-order valence-electron chi connectivity index (χ3n) is 3.07. The van der Waals surface area contributed by atoms with Crippen LogP contribution >= 0.6 is 15.9 Å². The Labute approximate surface area is 132 Å². The number of aromatic carboxylic acids is 1. The molecule has 0 fully saturated rings. The van der Waals surface area contributed by atoms with Crippen molar-refractivity contribution >= 4 is 33.4 Å². The van der Waals surface area contributed by atoms with Crippen molar-refractivity contribution in [2.45, 2.75) is 26.2 Å². The van der Waals surface area contributed by atoms with Gasteiger partial charge in [-0.2, -0.15) is 0 Å². The second kappa shape index (κ2) is 5.85. The molecule has 0 unspecified atom stereocenters.